The quantitative estimate of drug-likeness (QED) is 0.778. The van der Waals surface area contributed by atoms with Gasteiger partial charge in [0.1, 0.15) is 5.60 Å². The summed E-state index contributed by atoms with van der Waals surface area (Å²) < 4.78 is 0. The molecule has 3 unspecified atom stereocenters. The van der Waals surface area contributed by atoms with Gasteiger partial charge in [-0.1, -0.05) is 6.92 Å². The molecule has 6 heteroatoms. The molecule has 3 atom stereocenters. The first-order chi connectivity index (χ1) is 9.96. The van der Waals surface area contributed by atoms with E-state index in [1.165, 1.54) is 0 Å². The largest absolute Gasteiger partial charge is 0.386 e. The Morgan fingerprint density at radius 3 is 2.62 bits per heavy atom. The van der Waals surface area contributed by atoms with Crippen LogP contribution in [0.3, 0.4) is 0 Å². The Hall–Kier alpha value is -1.30. The van der Waals surface area contributed by atoms with Crippen LogP contribution in [0.1, 0.15) is 32.6 Å². The first-order valence-corrected chi connectivity index (χ1v) is 8.03. The highest BCUT2D eigenvalue weighted by molar-refractivity contribution is 5.82. The van der Waals surface area contributed by atoms with Crippen LogP contribution in [-0.4, -0.2) is 64.2 Å². The standard InChI is InChI=1S/C15H23N3O3/c1-9-4-12(9)18-6-11(5-13(18)19)16-14(20)17-7-15(21,8-17)10-2-3-10/h9-12,21H,2-8H2,1H3,(H,16,20). The highest BCUT2D eigenvalue weighted by atomic mass is 16.3. The number of carbonyl (C=O) groups excluding carboxylic acids is 2. The number of likely N-dealkylation sites (tertiary alicyclic amines) is 2. The normalized spacial score (nSPS) is 37.4. The molecule has 116 valence electrons. The molecule has 0 radical (unpaired) electrons. The molecule has 4 rings (SSSR count). The van der Waals surface area contributed by atoms with E-state index in [0.717, 1.165) is 19.3 Å². The van der Waals surface area contributed by atoms with Crippen molar-refractivity contribution in [2.45, 2.75) is 50.3 Å². The molecular formula is C15H23N3O3. The fourth-order valence-electron chi connectivity index (χ4n) is 3.79. The predicted molar refractivity (Wildman–Crippen MR) is 75.5 cm³/mol. The number of aliphatic hydroxyl groups is 1. The number of urea groups is 1. The minimum atomic E-state index is -0.641. The average molecular weight is 293 g/mol. The van der Waals surface area contributed by atoms with Crippen LogP contribution in [0.5, 0.6) is 0 Å². The molecule has 0 aromatic carbocycles. The number of hydrogen-bond acceptors (Lipinski definition) is 3. The molecule has 3 amide bonds. The van der Waals surface area contributed by atoms with E-state index in [9.17, 15) is 14.7 Å². The number of hydrogen-bond donors (Lipinski definition) is 2. The van der Waals surface area contributed by atoms with Gasteiger partial charge in [-0.25, -0.2) is 4.79 Å². The lowest BCUT2D eigenvalue weighted by Crippen LogP contribution is -2.67. The van der Waals surface area contributed by atoms with Crippen molar-refractivity contribution in [1.29, 1.82) is 0 Å². The van der Waals surface area contributed by atoms with Crippen molar-refractivity contribution in [3.05, 3.63) is 0 Å². The molecule has 0 aromatic rings. The van der Waals surface area contributed by atoms with E-state index in [1.54, 1.807) is 4.90 Å². The Bertz CT molecular complexity index is 485. The van der Waals surface area contributed by atoms with Gasteiger partial charge in [-0.05, 0) is 31.1 Å². The molecule has 21 heavy (non-hydrogen) atoms. The van der Waals surface area contributed by atoms with Gasteiger partial charge in [0.2, 0.25) is 5.91 Å². The van der Waals surface area contributed by atoms with Crippen LogP contribution in [-0.2, 0) is 4.79 Å². The summed E-state index contributed by atoms with van der Waals surface area (Å²) in [6, 6.07) is 0.180. The second kappa shape index (κ2) is 4.35. The van der Waals surface area contributed by atoms with E-state index >= 15 is 0 Å². The van der Waals surface area contributed by atoms with E-state index in [-0.39, 0.29) is 18.0 Å². The maximum Gasteiger partial charge on any atom is 0.317 e. The molecule has 2 aliphatic heterocycles. The minimum Gasteiger partial charge on any atom is -0.386 e. The van der Waals surface area contributed by atoms with Crippen molar-refractivity contribution in [2.75, 3.05) is 19.6 Å². The highest BCUT2D eigenvalue weighted by Crippen LogP contribution is 2.44. The molecule has 2 saturated carbocycles. The summed E-state index contributed by atoms with van der Waals surface area (Å²) in [7, 11) is 0. The van der Waals surface area contributed by atoms with Crippen molar-refractivity contribution in [2.24, 2.45) is 11.8 Å². The monoisotopic (exact) mass is 293 g/mol. The first-order valence-electron chi connectivity index (χ1n) is 8.03. The van der Waals surface area contributed by atoms with Crippen LogP contribution in [0.2, 0.25) is 0 Å². The summed E-state index contributed by atoms with van der Waals surface area (Å²) in [4.78, 5) is 27.7. The number of carbonyl (C=O) groups is 2. The van der Waals surface area contributed by atoms with E-state index in [2.05, 4.69) is 12.2 Å². The Morgan fingerprint density at radius 1 is 1.38 bits per heavy atom. The number of nitrogens with one attached hydrogen (secondary N) is 1. The molecule has 2 aliphatic carbocycles. The van der Waals surface area contributed by atoms with Crippen LogP contribution in [0.25, 0.3) is 0 Å². The Balaban J connectivity index is 1.27. The van der Waals surface area contributed by atoms with Gasteiger partial charge in [0.15, 0.2) is 0 Å². The maximum atomic E-state index is 12.1. The molecule has 0 bridgehead atoms. The fraction of sp³-hybridized carbons (Fsp3) is 0.867. The average Bonchev–Trinajstić information content (AvgIpc) is 3.28. The van der Waals surface area contributed by atoms with Gasteiger partial charge < -0.3 is 20.2 Å². The third-order valence-corrected chi connectivity index (χ3v) is 5.51. The van der Waals surface area contributed by atoms with Crippen LogP contribution in [0, 0.1) is 11.8 Å². The van der Waals surface area contributed by atoms with Crippen LogP contribution in [0.15, 0.2) is 0 Å². The third-order valence-electron chi connectivity index (χ3n) is 5.51. The fourth-order valence-corrected chi connectivity index (χ4v) is 3.79. The van der Waals surface area contributed by atoms with E-state index < -0.39 is 5.60 Å². The van der Waals surface area contributed by atoms with Gasteiger partial charge in [0, 0.05) is 19.0 Å². The third kappa shape index (κ3) is 2.29. The summed E-state index contributed by atoms with van der Waals surface area (Å²) in [5.74, 6) is 1.15. The van der Waals surface area contributed by atoms with E-state index in [0.29, 0.717) is 43.9 Å². The lowest BCUT2D eigenvalue weighted by atomic mass is 9.89. The number of rotatable bonds is 3. The smallest absolute Gasteiger partial charge is 0.317 e. The van der Waals surface area contributed by atoms with Crippen molar-refractivity contribution < 1.29 is 14.7 Å². The van der Waals surface area contributed by atoms with Crippen molar-refractivity contribution >= 4 is 11.9 Å². The van der Waals surface area contributed by atoms with Crippen LogP contribution in [0.4, 0.5) is 4.79 Å². The van der Waals surface area contributed by atoms with Crippen molar-refractivity contribution in [1.82, 2.24) is 15.1 Å². The second-order valence-corrected chi connectivity index (χ2v) is 7.41. The first kappa shape index (κ1) is 13.4. The lowest BCUT2D eigenvalue weighted by Gasteiger charge is -2.47. The Labute approximate surface area is 124 Å². The van der Waals surface area contributed by atoms with Gasteiger partial charge in [-0.3, -0.25) is 4.79 Å². The summed E-state index contributed by atoms with van der Waals surface area (Å²) >= 11 is 0. The zero-order valence-electron chi connectivity index (χ0n) is 12.4. The SMILES string of the molecule is CC1CC1N1CC(NC(=O)N2CC(O)(C3CC3)C2)CC1=O. The van der Waals surface area contributed by atoms with Crippen molar-refractivity contribution in [3.8, 4) is 0 Å². The topological polar surface area (TPSA) is 72.9 Å². The van der Waals surface area contributed by atoms with E-state index in [1.807, 2.05) is 4.90 Å². The second-order valence-electron chi connectivity index (χ2n) is 7.41. The van der Waals surface area contributed by atoms with Gasteiger partial charge in [0.05, 0.1) is 19.1 Å². The molecule has 0 aromatic heterocycles. The molecule has 2 saturated heterocycles. The molecule has 0 spiro atoms. The highest BCUT2D eigenvalue weighted by Gasteiger charge is 2.53. The minimum absolute atomic E-state index is 0.0765. The molecule has 2 N–H and O–H groups in total. The number of amides is 3. The van der Waals surface area contributed by atoms with E-state index in [4.69, 9.17) is 0 Å². The summed E-state index contributed by atoms with van der Waals surface area (Å²) in [5, 5.41) is 13.2. The summed E-state index contributed by atoms with van der Waals surface area (Å²) in [6.45, 7) is 3.67. The zero-order valence-corrected chi connectivity index (χ0v) is 12.4. The van der Waals surface area contributed by atoms with Gasteiger partial charge in [-0.2, -0.15) is 0 Å². The van der Waals surface area contributed by atoms with Gasteiger partial charge in [0.25, 0.3) is 0 Å². The number of β-amino-alcohol motifs (C(OH)–C–C–N with tert-alkyl or cyclic N) is 1. The molecule has 2 heterocycles. The van der Waals surface area contributed by atoms with Gasteiger partial charge >= 0.3 is 6.03 Å². The molecular weight excluding hydrogens is 270 g/mol. The number of nitrogens with zero attached hydrogens (tertiary/aromatic N) is 2. The Kier molecular flexibility index (Phi) is 2.77. The van der Waals surface area contributed by atoms with Crippen molar-refractivity contribution in [3.63, 3.8) is 0 Å². The molecule has 6 nitrogen and oxygen atoms in total. The summed E-state index contributed by atoms with van der Waals surface area (Å²) in [5.41, 5.74) is -0.641. The maximum absolute atomic E-state index is 12.1. The molecule has 4 aliphatic rings. The summed E-state index contributed by atoms with van der Waals surface area (Å²) in [6.07, 6.45) is 3.66. The Morgan fingerprint density at radius 2 is 2.05 bits per heavy atom. The van der Waals surface area contributed by atoms with Gasteiger partial charge in [-0.15, -0.1) is 0 Å². The molecule has 4 fully saturated rings. The predicted octanol–water partition coefficient (Wildman–Crippen LogP) is 0.162. The van der Waals surface area contributed by atoms with Crippen LogP contribution >= 0.6 is 0 Å². The van der Waals surface area contributed by atoms with Crippen LogP contribution < -0.4 is 5.32 Å². The zero-order chi connectivity index (χ0) is 14.8. The lowest BCUT2D eigenvalue weighted by molar-refractivity contribution is -0.128.